The lowest BCUT2D eigenvalue weighted by molar-refractivity contribution is -0.266. The van der Waals surface area contributed by atoms with Crippen molar-refractivity contribution in [1.29, 1.82) is 0 Å². The summed E-state index contributed by atoms with van der Waals surface area (Å²) in [6.45, 7) is 3.01. The van der Waals surface area contributed by atoms with Crippen LogP contribution in [0.5, 0.6) is 0 Å². The van der Waals surface area contributed by atoms with Gasteiger partial charge in [0.25, 0.3) is 0 Å². The summed E-state index contributed by atoms with van der Waals surface area (Å²) in [4.78, 5) is 0. The quantitative estimate of drug-likeness (QED) is 0.575. The van der Waals surface area contributed by atoms with Gasteiger partial charge in [0.1, 0.15) is 24.9 Å². The molecule has 4 radical (unpaired) electrons. The molecule has 0 bridgehead atoms. The molecule has 0 saturated carbocycles. The van der Waals surface area contributed by atoms with Crippen molar-refractivity contribution in [3.8, 4) is 0 Å². The van der Waals surface area contributed by atoms with Gasteiger partial charge < -0.3 is 29.5 Å². The molecular weight excluding hydrogens is 228 g/mol. The van der Waals surface area contributed by atoms with Gasteiger partial charge in [-0.25, -0.2) is 0 Å². The molecule has 2 aliphatic rings. The molecule has 0 aromatic rings. The van der Waals surface area contributed by atoms with Crippen LogP contribution in [0.3, 0.4) is 0 Å². The Morgan fingerprint density at radius 1 is 1.12 bits per heavy atom. The second kappa shape index (κ2) is 5.60. The van der Waals surface area contributed by atoms with E-state index in [1.807, 2.05) is 13.3 Å². The molecule has 2 saturated heterocycles. The molecule has 2 fully saturated rings. The van der Waals surface area contributed by atoms with Gasteiger partial charge in [0, 0.05) is 6.42 Å². The minimum atomic E-state index is -1.43. The van der Waals surface area contributed by atoms with Crippen LogP contribution in [-0.4, -0.2) is 52.3 Å². The Kier molecular flexibility index (Phi) is 4.35. The molecule has 6 nitrogen and oxygen atoms in total. The lowest BCUT2D eigenvalue weighted by Crippen LogP contribution is -2.53. The summed E-state index contributed by atoms with van der Waals surface area (Å²) in [5.74, 6) is 0. The molecule has 6 atom stereocenters. The van der Waals surface area contributed by atoms with Gasteiger partial charge in [0.2, 0.25) is 0 Å². The fraction of sp³-hybridized carbons (Fsp3) is 0.636. The zero-order valence-corrected chi connectivity index (χ0v) is 9.34. The van der Waals surface area contributed by atoms with Gasteiger partial charge >= 0.3 is 0 Å². The maximum absolute atomic E-state index is 9.67. The molecular formula is C11H16O6. The average Bonchev–Trinajstić information content (AvgIpc) is 2.30. The van der Waals surface area contributed by atoms with Crippen molar-refractivity contribution in [2.75, 3.05) is 0 Å². The monoisotopic (exact) mass is 244 g/mol. The van der Waals surface area contributed by atoms with E-state index in [-0.39, 0.29) is 6.10 Å². The van der Waals surface area contributed by atoms with Gasteiger partial charge in [0.15, 0.2) is 12.6 Å². The summed E-state index contributed by atoms with van der Waals surface area (Å²) in [7, 11) is 0. The SMILES string of the molecule is C[C@@H]1[CH][CH][CH][C@H](OC2[CH]O[C@@H](O)[C@H](O)[C@H]2O)O1. The first-order valence-electron chi connectivity index (χ1n) is 5.43. The smallest absolute Gasteiger partial charge is 0.184 e. The summed E-state index contributed by atoms with van der Waals surface area (Å²) < 4.78 is 15.6. The fourth-order valence-corrected chi connectivity index (χ4v) is 1.64. The van der Waals surface area contributed by atoms with E-state index in [4.69, 9.17) is 19.3 Å². The van der Waals surface area contributed by atoms with Crippen LogP contribution in [0, 0.1) is 25.9 Å². The molecule has 0 amide bonds. The standard InChI is InChI=1S/C11H16O6/c1-6-3-2-4-8(16-6)17-7-5-15-11(14)10(13)9(7)12/h2-14H,1H3/t6-,7?,8+,9+,10-,11-/m1/s1. The molecule has 2 rings (SSSR count). The second-order valence-electron chi connectivity index (χ2n) is 4.03. The summed E-state index contributed by atoms with van der Waals surface area (Å²) in [6, 6.07) is 0. The highest BCUT2D eigenvalue weighted by Gasteiger charge is 2.40. The Bertz CT molecular complexity index is 248. The summed E-state index contributed by atoms with van der Waals surface area (Å²) in [5.41, 5.74) is 0. The van der Waals surface area contributed by atoms with E-state index in [0.717, 1.165) is 6.61 Å². The van der Waals surface area contributed by atoms with Crippen LogP contribution in [0.2, 0.25) is 0 Å². The highest BCUT2D eigenvalue weighted by Crippen LogP contribution is 2.24. The number of hydrogen-bond acceptors (Lipinski definition) is 6. The third kappa shape index (κ3) is 3.15. The van der Waals surface area contributed by atoms with Gasteiger partial charge in [-0.05, 0) is 19.8 Å². The minimum absolute atomic E-state index is 0.0813. The van der Waals surface area contributed by atoms with Gasteiger partial charge in [-0.2, -0.15) is 0 Å². The van der Waals surface area contributed by atoms with Crippen molar-refractivity contribution in [3.63, 3.8) is 0 Å². The van der Waals surface area contributed by atoms with Crippen LogP contribution in [0.15, 0.2) is 0 Å². The van der Waals surface area contributed by atoms with Crippen molar-refractivity contribution in [2.45, 2.75) is 43.9 Å². The largest absolute Gasteiger partial charge is 0.387 e. The molecule has 2 aliphatic heterocycles. The van der Waals surface area contributed by atoms with Crippen LogP contribution >= 0.6 is 0 Å². The Labute approximate surface area is 100 Å². The molecule has 0 spiro atoms. The Morgan fingerprint density at radius 3 is 2.59 bits per heavy atom. The first-order chi connectivity index (χ1) is 8.08. The number of hydrogen-bond donors (Lipinski definition) is 3. The van der Waals surface area contributed by atoms with Gasteiger partial charge in [0.05, 0.1) is 6.10 Å². The summed E-state index contributed by atoms with van der Waals surface area (Å²) in [6.07, 6.45) is -0.292. The molecule has 96 valence electrons. The van der Waals surface area contributed by atoms with Crippen molar-refractivity contribution in [1.82, 2.24) is 0 Å². The molecule has 1 unspecified atom stereocenters. The normalized spacial score (nSPS) is 48.0. The third-order valence-electron chi connectivity index (χ3n) is 2.62. The Balaban J connectivity index is 1.86. The zero-order chi connectivity index (χ0) is 12.4. The van der Waals surface area contributed by atoms with Crippen LogP contribution < -0.4 is 0 Å². The predicted octanol–water partition coefficient (Wildman–Crippen LogP) is -1.04. The van der Waals surface area contributed by atoms with E-state index < -0.39 is 30.9 Å². The van der Waals surface area contributed by atoms with Crippen LogP contribution in [0.25, 0.3) is 0 Å². The molecule has 0 aromatic heterocycles. The van der Waals surface area contributed by atoms with Gasteiger partial charge in [-0.1, -0.05) is 0 Å². The molecule has 3 N–H and O–H groups in total. The summed E-state index contributed by atoms with van der Waals surface area (Å²) in [5, 5.41) is 28.2. The van der Waals surface area contributed by atoms with Crippen molar-refractivity contribution in [3.05, 3.63) is 25.9 Å². The van der Waals surface area contributed by atoms with Crippen LogP contribution in [-0.2, 0) is 14.2 Å². The third-order valence-corrected chi connectivity index (χ3v) is 2.62. The molecule has 0 aliphatic carbocycles. The number of aliphatic hydroxyl groups is 3. The van der Waals surface area contributed by atoms with E-state index in [1.165, 1.54) is 0 Å². The predicted molar refractivity (Wildman–Crippen MR) is 55.5 cm³/mol. The van der Waals surface area contributed by atoms with Crippen molar-refractivity contribution >= 4 is 0 Å². The minimum Gasteiger partial charge on any atom is -0.387 e. The second-order valence-corrected chi connectivity index (χ2v) is 4.03. The Morgan fingerprint density at radius 2 is 1.88 bits per heavy atom. The van der Waals surface area contributed by atoms with E-state index in [1.54, 1.807) is 12.8 Å². The van der Waals surface area contributed by atoms with Crippen LogP contribution in [0.4, 0.5) is 0 Å². The maximum Gasteiger partial charge on any atom is 0.184 e. The van der Waals surface area contributed by atoms with E-state index >= 15 is 0 Å². The Hall–Kier alpha value is -0.240. The number of aliphatic hydroxyl groups excluding tert-OH is 3. The molecule has 2 heterocycles. The molecule has 6 heteroatoms. The van der Waals surface area contributed by atoms with Crippen molar-refractivity contribution in [2.24, 2.45) is 0 Å². The number of ether oxygens (including phenoxy) is 3. The number of rotatable bonds is 2. The first-order valence-corrected chi connectivity index (χ1v) is 5.43. The maximum atomic E-state index is 9.67. The lowest BCUT2D eigenvalue weighted by Gasteiger charge is -2.37. The van der Waals surface area contributed by atoms with Gasteiger partial charge in [-0.15, -0.1) is 0 Å². The van der Waals surface area contributed by atoms with E-state index in [9.17, 15) is 10.2 Å². The average molecular weight is 244 g/mol. The van der Waals surface area contributed by atoms with E-state index in [2.05, 4.69) is 0 Å². The highest BCUT2D eigenvalue weighted by atomic mass is 16.7. The summed E-state index contributed by atoms with van der Waals surface area (Å²) >= 11 is 0. The van der Waals surface area contributed by atoms with Crippen molar-refractivity contribution < 1.29 is 29.5 Å². The molecule has 0 aromatic carbocycles. The lowest BCUT2D eigenvalue weighted by atomic mass is 10.0. The topological polar surface area (TPSA) is 88.4 Å². The zero-order valence-electron chi connectivity index (χ0n) is 9.34. The highest BCUT2D eigenvalue weighted by molar-refractivity contribution is 5.05. The first kappa shape index (κ1) is 13.2. The fourth-order valence-electron chi connectivity index (χ4n) is 1.64. The van der Waals surface area contributed by atoms with Gasteiger partial charge in [-0.3, -0.25) is 0 Å². The molecule has 17 heavy (non-hydrogen) atoms. The van der Waals surface area contributed by atoms with E-state index in [0.29, 0.717) is 0 Å². The van der Waals surface area contributed by atoms with Crippen LogP contribution in [0.1, 0.15) is 6.92 Å².